The average molecular weight is 159 g/mol. The molecule has 3 heterocycles. The number of pyridine rings is 1. The second kappa shape index (κ2) is 1.82. The molecule has 5 nitrogen and oxygen atoms in total. The standard InChI is InChI=1S/C7H5N5/c1-2-5-6(8-3-1)11-12-7(5)9-4-10-12/h1-4H,(H,8,11). The zero-order chi connectivity index (χ0) is 7.97. The third-order valence-electron chi connectivity index (χ3n) is 1.81. The summed E-state index contributed by atoms with van der Waals surface area (Å²) in [6.45, 7) is 0. The van der Waals surface area contributed by atoms with Gasteiger partial charge in [-0.15, -0.1) is 5.10 Å². The maximum Gasteiger partial charge on any atom is 0.184 e. The Kier molecular flexibility index (Phi) is 0.864. The van der Waals surface area contributed by atoms with Gasteiger partial charge < -0.3 is 0 Å². The smallest absolute Gasteiger partial charge is 0.184 e. The molecule has 0 radical (unpaired) electrons. The minimum absolute atomic E-state index is 0.813. The Hall–Kier alpha value is -1.91. The van der Waals surface area contributed by atoms with Gasteiger partial charge in [0.1, 0.15) is 6.33 Å². The summed E-state index contributed by atoms with van der Waals surface area (Å²) in [5, 5.41) is 7.95. The Morgan fingerprint density at radius 1 is 1.33 bits per heavy atom. The fourth-order valence-electron chi connectivity index (χ4n) is 1.28. The molecule has 0 aliphatic carbocycles. The predicted octanol–water partition coefficient (Wildman–Crippen LogP) is 0.606. The Labute approximate surface area is 67.0 Å². The molecule has 0 bridgehead atoms. The van der Waals surface area contributed by atoms with Gasteiger partial charge in [0.05, 0.1) is 5.39 Å². The quantitative estimate of drug-likeness (QED) is 0.522. The van der Waals surface area contributed by atoms with Crippen molar-refractivity contribution in [2.24, 2.45) is 0 Å². The van der Waals surface area contributed by atoms with Gasteiger partial charge in [-0.05, 0) is 12.1 Å². The van der Waals surface area contributed by atoms with Gasteiger partial charge in [0.2, 0.25) is 0 Å². The van der Waals surface area contributed by atoms with Crippen LogP contribution in [-0.2, 0) is 0 Å². The Bertz CT molecular complexity index is 534. The topological polar surface area (TPSA) is 58.9 Å². The number of nitrogens with zero attached hydrogens (tertiary/aromatic N) is 4. The van der Waals surface area contributed by atoms with Crippen LogP contribution in [0.15, 0.2) is 24.7 Å². The summed E-state index contributed by atoms with van der Waals surface area (Å²) in [5.74, 6) is 0. The van der Waals surface area contributed by atoms with E-state index in [4.69, 9.17) is 0 Å². The van der Waals surface area contributed by atoms with Gasteiger partial charge in [0.25, 0.3) is 0 Å². The first-order chi connectivity index (χ1) is 5.95. The molecule has 0 saturated heterocycles. The summed E-state index contributed by atoms with van der Waals surface area (Å²) in [5.41, 5.74) is 1.63. The molecule has 1 N–H and O–H groups in total. The summed E-state index contributed by atoms with van der Waals surface area (Å²) in [6, 6.07) is 3.84. The molecule has 3 rings (SSSR count). The van der Waals surface area contributed by atoms with Crippen molar-refractivity contribution < 1.29 is 0 Å². The van der Waals surface area contributed by atoms with E-state index in [1.54, 1.807) is 10.8 Å². The van der Waals surface area contributed by atoms with E-state index in [1.165, 1.54) is 6.33 Å². The summed E-state index contributed by atoms with van der Waals surface area (Å²) in [7, 11) is 0. The number of H-pyrrole nitrogens is 1. The molecule has 58 valence electrons. The highest BCUT2D eigenvalue weighted by atomic mass is 15.5. The lowest BCUT2D eigenvalue weighted by atomic mass is 10.3. The molecule has 0 amide bonds. The van der Waals surface area contributed by atoms with E-state index in [9.17, 15) is 0 Å². The molecule has 0 spiro atoms. The summed E-state index contributed by atoms with van der Waals surface area (Å²) < 4.78 is 1.61. The third kappa shape index (κ3) is 0.554. The number of aromatic amines is 1. The molecule has 0 aliphatic heterocycles. The van der Waals surface area contributed by atoms with Crippen LogP contribution in [0.5, 0.6) is 0 Å². The number of hydrogen-bond acceptors (Lipinski definition) is 3. The highest BCUT2D eigenvalue weighted by Gasteiger charge is 2.04. The van der Waals surface area contributed by atoms with Crippen molar-refractivity contribution in [3.05, 3.63) is 24.7 Å². The van der Waals surface area contributed by atoms with Crippen LogP contribution in [0.3, 0.4) is 0 Å². The molecular weight excluding hydrogens is 154 g/mol. The SMILES string of the molecule is c1cnc2[nH]n3ncnc3c2c1. The van der Waals surface area contributed by atoms with Crippen molar-refractivity contribution in [3.63, 3.8) is 0 Å². The number of aromatic nitrogens is 5. The van der Waals surface area contributed by atoms with Crippen molar-refractivity contribution >= 4 is 16.7 Å². The van der Waals surface area contributed by atoms with E-state index in [0.29, 0.717) is 0 Å². The van der Waals surface area contributed by atoms with Crippen LogP contribution in [-0.4, -0.2) is 24.8 Å². The molecule has 12 heavy (non-hydrogen) atoms. The van der Waals surface area contributed by atoms with Gasteiger partial charge in [0, 0.05) is 6.20 Å². The first kappa shape index (κ1) is 5.70. The summed E-state index contributed by atoms with van der Waals surface area (Å²) in [6.07, 6.45) is 3.25. The molecular formula is C7H5N5. The fourth-order valence-corrected chi connectivity index (χ4v) is 1.28. The van der Waals surface area contributed by atoms with Gasteiger partial charge in [-0.2, -0.15) is 4.63 Å². The molecule has 0 unspecified atom stereocenters. The first-order valence-electron chi connectivity index (χ1n) is 3.57. The van der Waals surface area contributed by atoms with Gasteiger partial charge in [0.15, 0.2) is 11.3 Å². The van der Waals surface area contributed by atoms with Crippen LogP contribution in [0.2, 0.25) is 0 Å². The molecule has 5 heteroatoms. The lowest BCUT2D eigenvalue weighted by Crippen LogP contribution is -1.83. The number of fused-ring (bicyclic) bond motifs is 3. The lowest BCUT2D eigenvalue weighted by molar-refractivity contribution is 0.829. The summed E-state index contributed by atoms with van der Waals surface area (Å²) in [4.78, 5) is 8.22. The summed E-state index contributed by atoms with van der Waals surface area (Å²) >= 11 is 0. The lowest BCUT2D eigenvalue weighted by Gasteiger charge is -1.82. The monoisotopic (exact) mass is 159 g/mol. The van der Waals surface area contributed by atoms with Crippen molar-refractivity contribution in [3.8, 4) is 0 Å². The van der Waals surface area contributed by atoms with Gasteiger partial charge in [-0.25, -0.2) is 9.97 Å². The normalized spacial score (nSPS) is 11.3. The minimum Gasteiger partial charge on any atom is -0.259 e. The van der Waals surface area contributed by atoms with Gasteiger partial charge in [-0.1, -0.05) is 0 Å². The third-order valence-corrected chi connectivity index (χ3v) is 1.81. The molecule has 0 atom stereocenters. The molecule has 3 aromatic heterocycles. The molecule has 0 fully saturated rings. The Morgan fingerprint density at radius 3 is 3.33 bits per heavy atom. The van der Waals surface area contributed by atoms with Crippen LogP contribution in [0, 0.1) is 0 Å². The van der Waals surface area contributed by atoms with Gasteiger partial charge in [-0.3, -0.25) is 5.10 Å². The second-order valence-corrected chi connectivity index (χ2v) is 2.51. The van der Waals surface area contributed by atoms with E-state index in [2.05, 4.69) is 20.2 Å². The van der Waals surface area contributed by atoms with Crippen LogP contribution in [0.4, 0.5) is 0 Å². The Morgan fingerprint density at radius 2 is 2.33 bits per heavy atom. The van der Waals surface area contributed by atoms with E-state index in [-0.39, 0.29) is 0 Å². The zero-order valence-electron chi connectivity index (χ0n) is 6.10. The highest BCUT2D eigenvalue weighted by Crippen LogP contribution is 2.12. The number of rotatable bonds is 0. The van der Waals surface area contributed by atoms with Crippen LogP contribution in [0.1, 0.15) is 0 Å². The molecule has 3 aromatic rings. The number of hydrogen-bond donors (Lipinski definition) is 1. The van der Waals surface area contributed by atoms with Gasteiger partial charge >= 0.3 is 0 Å². The van der Waals surface area contributed by atoms with Crippen LogP contribution in [0.25, 0.3) is 16.7 Å². The van der Waals surface area contributed by atoms with E-state index < -0.39 is 0 Å². The van der Waals surface area contributed by atoms with Crippen molar-refractivity contribution in [2.45, 2.75) is 0 Å². The van der Waals surface area contributed by atoms with Crippen molar-refractivity contribution in [1.82, 2.24) is 24.8 Å². The second-order valence-electron chi connectivity index (χ2n) is 2.51. The minimum atomic E-state index is 0.813. The largest absolute Gasteiger partial charge is 0.259 e. The van der Waals surface area contributed by atoms with Crippen molar-refractivity contribution in [2.75, 3.05) is 0 Å². The van der Waals surface area contributed by atoms with Crippen LogP contribution < -0.4 is 0 Å². The molecule has 0 aliphatic rings. The van der Waals surface area contributed by atoms with Crippen molar-refractivity contribution in [1.29, 1.82) is 0 Å². The molecule has 0 aromatic carbocycles. The van der Waals surface area contributed by atoms with E-state index in [1.807, 2.05) is 12.1 Å². The average Bonchev–Trinajstić information content (AvgIpc) is 2.62. The number of nitrogens with one attached hydrogen (secondary N) is 1. The fraction of sp³-hybridized carbons (Fsp3) is 0. The Balaban J connectivity index is 2.68. The van der Waals surface area contributed by atoms with Crippen LogP contribution >= 0.6 is 0 Å². The maximum atomic E-state index is 4.13. The first-order valence-corrected chi connectivity index (χ1v) is 3.57. The highest BCUT2D eigenvalue weighted by molar-refractivity contribution is 5.88. The zero-order valence-corrected chi connectivity index (χ0v) is 6.10. The predicted molar refractivity (Wildman–Crippen MR) is 42.6 cm³/mol. The molecule has 0 saturated carbocycles. The van der Waals surface area contributed by atoms with E-state index in [0.717, 1.165) is 16.7 Å². The van der Waals surface area contributed by atoms with E-state index >= 15 is 0 Å². The maximum absolute atomic E-state index is 4.13.